The molecule has 8 heteroatoms. The Morgan fingerprint density at radius 1 is 1.00 bits per heavy atom. The minimum absolute atomic E-state index is 0.109. The van der Waals surface area contributed by atoms with Crippen molar-refractivity contribution in [2.75, 3.05) is 4.90 Å². The molecule has 2 aliphatic carbocycles. The Morgan fingerprint density at radius 2 is 1.63 bits per heavy atom. The zero-order valence-electron chi connectivity index (χ0n) is 15.9. The van der Waals surface area contributed by atoms with E-state index in [-0.39, 0.29) is 52.5 Å². The normalized spacial score (nSPS) is 26.7. The zero-order chi connectivity index (χ0) is 21.0. The summed E-state index contributed by atoms with van der Waals surface area (Å²) < 4.78 is 5.28. The Labute approximate surface area is 171 Å². The Bertz CT molecular complexity index is 1050. The van der Waals surface area contributed by atoms with E-state index in [1.165, 1.54) is 41.3 Å². The fourth-order valence-electron chi connectivity index (χ4n) is 5.24. The van der Waals surface area contributed by atoms with E-state index in [1.807, 2.05) is 0 Å². The van der Waals surface area contributed by atoms with Crippen LogP contribution in [0, 0.1) is 33.8 Å². The summed E-state index contributed by atoms with van der Waals surface area (Å²) in [5.41, 5.74) is 0.450. The largest absolute Gasteiger partial charge is 0.423 e. The van der Waals surface area contributed by atoms with E-state index in [0.29, 0.717) is 5.69 Å². The molecule has 0 radical (unpaired) electrons. The summed E-state index contributed by atoms with van der Waals surface area (Å²) in [6.07, 6.45) is 2.96. The van der Waals surface area contributed by atoms with E-state index >= 15 is 0 Å². The van der Waals surface area contributed by atoms with Crippen LogP contribution in [0.2, 0.25) is 0 Å². The summed E-state index contributed by atoms with van der Waals surface area (Å²) in [6.45, 7) is 0. The topological polar surface area (TPSA) is 107 Å². The highest BCUT2D eigenvalue weighted by Gasteiger charge is 2.61. The highest BCUT2D eigenvalue weighted by Crippen LogP contribution is 2.56. The number of esters is 1. The number of nitro groups is 1. The van der Waals surface area contributed by atoms with Crippen molar-refractivity contribution in [3.8, 4) is 5.75 Å². The molecule has 1 heterocycles. The molecule has 2 aromatic rings. The lowest BCUT2D eigenvalue weighted by atomic mass is 9.81. The molecule has 2 saturated carbocycles. The van der Waals surface area contributed by atoms with Crippen LogP contribution in [0.1, 0.15) is 29.6 Å². The minimum atomic E-state index is -0.676. The van der Waals surface area contributed by atoms with Gasteiger partial charge in [-0.15, -0.1) is 0 Å². The van der Waals surface area contributed by atoms with Crippen LogP contribution < -0.4 is 9.64 Å². The molecule has 4 atom stereocenters. The molecule has 152 valence electrons. The molecule has 4 unspecified atom stereocenters. The van der Waals surface area contributed by atoms with Crippen LogP contribution in [-0.4, -0.2) is 22.7 Å². The number of carbonyl (C=O) groups is 3. The highest BCUT2D eigenvalue weighted by atomic mass is 16.6. The first kappa shape index (κ1) is 18.5. The van der Waals surface area contributed by atoms with Crippen molar-refractivity contribution in [2.24, 2.45) is 23.7 Å². The van der Waals surface area contributed by atoms with Crippen LogP contribution in [0.5, 0.6) is 5.75 Å². The third-order valence-corrected chi connectivity index (χ3v) is 6.53. The van der Waals surface area contributed by atoms with Gasteiger partial charge in [0.25, 0.3) is 5.69 Å². The average Bonchev–Trinajstić information content (AvgIpc) is 3.42. The van der Waals surface area contributed by atoms with Crippen molar-refractivity contribution >= 4 is 29.2 Å². The first-order valence-corrected chi connectivity index (χ1v) is 9.88. The number of imide groups is 1. The highest BCUT2D eigenvalue weighted by molar-refractivity contribution is 6.22. The fourth-order valence-corrected chi connectivity index (χ4v) is 5.24. The van der Waals surface area contributed by atoms with E-state index in [0.717, 1.165) is 19.3 Å². The molecule has 2 amide bonds. The van der Waals surface area contributed by atoms with Crippen LogP contribution >= 0.6 is 0 Å². The number of benzene rings is 2. The SMILES string of the molecule is O=C(Oc1ccc([N+](=O)[O-])cc1)c1cccc(N2C(=O)C3C4CCC(C4)C3C2=O)c1. The summed E-state index contributed by atoms with van der Waals surface area (Å²) >= 11 is 0. The van der Waals surface area contributed by atoms with Crippen LogP contribution in [-0.2, 0) is 9.59 Å². The van der Waals surface area contributed by atoms with Gasteiger partial charge in [-0.2, -0.15) is 0 Å². The molecule has 3 fully saturated rings. The molecule has 5 rings (SSSR count). The van der Waals surface area contributed by atoms with Gasteiger partial charge in [0, 0.05) is 12.1 Å². The second-order valence-corrected chi connectivity index (χ2v) is 8.09. The van der Waals surface area contributed by atoms with Gasteiger partial charge in [-0.1, -0.05) is 6.07 Å². The molecule has 1 aliphatic heterocycles. The van der Waals surface area contributed by atoms with Gasteiger partial charge in [0.2, 0.25) is 11.8 Å². The second kappa shape index (κ2) is 6.76. The van der Waals surface area contributed by atoms with E-state index < -0.39 is 10.9 Å². The van der Waals surface area contributed by atoms with Crippen molar-refractivity contribution in [3.05, 3.63) is 64.2 Å². The van der Waals surface area contributed by atoms with Gasteiger partial charge in [-0.25, -0.2) is 4.79 Å². The van der Waals surface area contributed by atoms with Crippen molar-refractivity contribution in [3.63, 3.8) is 0 Å². The van der Waals surface area contributed by atoms with Crippen LogP contribution in [0.4, 0.5) is 11.4 Å². The fraction of sp³-hybridized carbons (Fsp3) is 0.318. The maximum atomic E-state index is 13.0. The number of non-ortho nitro benzene ring substituents is 1. The Hall–Kier alpha value is -3.55. The molecule has 3 aliphatic rings. The quantitative estimate of drug-likeness (QED) is 0.253. The number of nitrogens with zero attached hydrogens (tertiary/aromatic N) is 2. The Kier molecular flexibility index (Phi) is 4.16. The zero-order valence-corrected chi connectivity index (χ0v) is 15.9. The Balaban J connectivity index is 1.37. The van der Waals surface area contributed by atoms with Gasteiger partial charge in [-0.05, 0) is 61.4 Å². The van der Waals surface area contributed by atoms with E-state index in [4.69, 9.17) is 4.74 Å². The molecular formula is C22H18N2O6. The second-order valence-electron chi connectivity index (χ2n) is 8.09. The number of ether oxygens (including phenoxy) is 1. The number of fused-ring (bicyclic) bond motifs is 5. The molecular weight excluding hydrogens is 388 g/mol. The molecule has 0 N–H and O–H groups in total. The first-order chi connectivity index (χ1) is 14.4. The Morgan fingerprint density at radius 3 is 2.23 bits per heavy atom. The monoisotopic (exact) mass is 406 g/mol. The summed E-state index contributed by atoms with van der Waals surface area (Å²) in [4.78, 5) is 49.9. The van der Waals surface area contributed by atoms with E-state index in [9.17, 15) is 24.5 Å². The summed E-state index contributed by atoms with van der Waals surface area (Å²) in [7, 11) is 0. The number of anilines is 1. The molecule has 2 aromatic carbocycles. The number of hydrogen-bond acceptors (Lipinski definition) is 6. The number of amides is 2. The van der Waals surface area contributed by atoms with E-state index in [1.54, 1.807) is 12.1 Å². The van der Waals surface area contributed by atoms with Crippen molar-refractivity contribution in [1.29, 1.82) is 0 Å². The number of nitro benzene ring substituents is 1. The predicted molar refractivity (Wildman–Crippen MR) is 105 cm³/mol. The number of rotatable bonds is 4. The standard InChI is InChI=1S/C22H18N2O6/c25-20-18-12-4-5-13(10-12)19(18)21(26)23(20)16-3-1-2-14(11-16)22(27)30-17-8-6-15(7-9-17)24(28)29/h1-3,6-9,11-13,18-19H,4-5,10H2. The van der Waals surface area contributed by atoms with E-state index in [2.05, 4.69) is 0 Å². The molecule has 8 nitrogen and oxygen atoms in total. The first-order valence-electron chi connectivity index (χ1n) is 9.88. The summed E-state index contributed by atoms with van der Waals surface area (Å²) in [5.74, 6) is -0.732. The van der Waals surface area contributed by atoms with Gasteiger partial charge >= 0.3 is 5.97 Å². The minimum Gasteiger partial charge on any atom is -0.423 e. The van der Waals surface area contributed by atoms with Crippen LogP contribution in [0.3, 0.4) is 0 Å². The number of hydrogen-bond donors (Lipinski definition) is 0. The lowest BCUT2D eigenvalue weighted by Crippen LogP contribution is -2.32. The van der Waals surface area contributed by atoms with Gasteiger partial charge in [0.15, 0.2) is 0 Å². The predicted octanol–water partition coefficient (Wildman–Crippen LogP) is 3.35. The lowest BCUT2D eigenvalue weighted by Gasteiger charge is -2.19. The number of carbonyl (C=O) groups excluding carboxylic acids is 3. The molecule has 0 aromatic heterocycles. The van der Waals surface area contributed by atoms with Gasteiger partial charge < -0.3 is 4.74 Å². The molecule has 30 heavy (non-hydrogen) atoms. The van der Waals surface area contributed by atoms with Crippen LogP contribution in [0.25, 0.3) is 0 Å². The summed E-state index contributed by atoms with van der Waals surface area (Å²) in [6, 6.07) is 11.4. The van der Waals surface area contributed by atoms with Crippen molar-refractivity contribution in [1.82, 2.24) is 0 Å². The summed E-state index contributed by atoms with van der Waals surface area (Å²) in [5, 5.41) is 10.7. The lowest BCUT2D eigenvalue weighted by molar-refractivity contribution is -0.384. The van der Waals surface area contributed by atoms with Gasteiger partial charge in [-0.3, -0.25) is 24.6 Å². The van der Waals surface area contributed by atoms with Crippen LogP contribution in [0.15, 0.2) is 48.5 Å². The average molecular weight is 406 g/mol. The molecule has 2 bridgehead atoms. The maximum Gasteiger partial charge on any atom is 0.343 e. The smallest absolute Gasteiger partial charge is 0.343 e. The maximum absolute atomic E-state index is 13.0. The third-order valence-electron chi connectivity index (χ3n) is 6.53. The van der Waals surface area contributed by atoms with Crippen molar-refractivity contribution < 1.29 is 24.0 Å². The third kappa shape index (κ3) is 2.79. The molecule has 0 spiro atoms. The van der Waals surface area contributed by atoms with Gasteiger partial charge in [0.1, 0.15) is 5.75 Å². The molecule has 1 saturated heterocycles. The van der Waals surface area contributed by atoms with Gasteiger partial charge in [0.05, 0.1) is 28.0 Å². The van der Waals surface area contributed by atoms with Crippen molar-refractivity contribution in [2.45, 2.75) is 19.3 Å².